The molecule has 1 N–H and O–H groups in total. The van der Waals surface area contributed by atoms with Gasteiger partial charge >= 0.3 is 0 Å². The minimum Gasteiger partial charge on any atom is -0.392 e. The fourth-order valence-electron chi connectivity index (χ4n) is 3.14. The van der Waals surface area contributed by atoms with Crippen molar-refractivity contribution < 1.29 is 18.0 Å². The smallest absolute Gasteiger partial charge is 0.232 e. The molecule has 3 atom stereocenters. The van der Waals surface area contributed by atoms with E-state index in [4.69, 9.17) is 4.52 Å². The Morgan fingerprint density at radius 2 is 1.95 bits per heavy atom. The SMILES string of the molecule is O=S1(=O)CCC(c2noc(C3CCCCCC3O)n2)C1. The molecule has 2 heterocycles. The van der Waals surface area contributed by atoms with Gasteiger partial charge in [-0.15, -0.1) is 0 Å². The number of rotatable bonds is 2. The van der Waals surface area contributed by atoms with Crippen molar-refractivity contribution in [3.05, 3.63) is 11.7 Å². The standard InChI is InChI=1S/C13H20N2O4S/c16-11-5-3-1-2-4-10(11)13-14-12(15-19-13)9-6-7-20(17,18)8-9/h9-11,16H,1-8H2. The lowest BCUT2D eigenvalue weighted by molar-refractivity contribution is 0.119. The van der Waals surface area contributed by atoms with Gasteiger partial charge in [-0.05, 0) is 19.3 Å². The van der Waals surface area contributed by atoms with E-state index < -0.39 is 15.9 Å². The monoisotopic (exact) mass is 300 g/mol. The summed E-state index contributed by atoms with van der Waals surface area (Å²) in [5.41, 5.74) is 0. The summed E-state index contributed by atoms with van der Waals surface area (Å²) in [4.78, 5) is 4.37. The summed E-state index contributed by atoms with van der Waals surface area (Å²) in [6.07, 6.45) is 4.95. The number of nitrogens with zero attached hydrogens (tertiary/aromatic N) is 2. The first kappa shape index (κ1) is 14.0. The van der Waals surface area contributed by atoms with Crippen LogP contribution in [0.25, 0.3) is 0 Å². The molecule has 0 aromatic carbocycles. The van der Waals surface area contributed by atoms with Gasteiger partial charge in [0.2, 0.25) is 5.89 Å². The predicted octanol–water partition coefficient (Wildman–Crippen LogP) is 1.38. The zero-order valence-electron chi connectivity index (χ0n) is 11.4. The van der Waals surface area contributed by atoms with E-state index in [-0.39, 0.29) is 23.3 Å². The van der Waals surface area contributed by atoms with Crippen molar-refractivity contribution in [1.82, 2.24) is 10.1 Å². The average molecular weight is 300 g/mol. The topological polar surface area (TPSA) is 93.3 Å². The molecular formula is C13H20N2O4S. The highest BCUT2D eigenvalue weighted by Crippen LogP contribution is 2.33. The Labute approximate surface area is 118 Å². The first-order chi connectivity index (χ1) is 9.55. The van der Waals surface area contributed by atoms with Crippen LogP contribution in [-0.4, -0.2) is 41.3 Å². The molecule has 1 aromatic heterocycles. The maximum Gasteiger partial charge on any atom is 0.232 e. The second-order valence-electron chi connectivity index (χ2n) is 5.90. The van der Waals surface area contributed by atoms with Gasteiger partial charge in [0.15, 0.2) is 15.7 Å². The molecule has 3 unspecified atom stereocenters. The summed E-state index contributed by atoms with van der Waals surface area (Å²) >= 11 is 0. The van der Waals surface area contributed by atoms with Gasteiger partial charge in [0.1, 0.15) is 0 Å². The second kappa shape index (κ2) is 5.44. The van der Waals surface area contributed by atoms with E-state index in [1.807, 2.05) is 0 Å². The molecular weight excluding hydrogens is 280 g/mol. The Balaban J connectivity index is 1.76. The Kier molecular flexibility index (Phi) is 3.81. The van der Waals surface area contributed by atoms with E-state index in [1.165, 1.54) is 0 Å². The number of hydrogen-bond acceptors (Lipinski definition) is 6. The summed E-state index contributed by atoms with van der Waals surface area (Å²) in [5, 5.41) is 14.1. The number of sulfone groups is 1. The van der Waals surface area contributed by atoms with Crippen LogP contribution in [0.15, 0.2) is 4.52 Å². The molecule has 1 aromatic rings. The molecule has 112 valence electrons. The summed E-state index contributed by atoms with van der Waals surface area (Å²) in [6, 6.07) is 0. The van der Waals surface area contributed by atoms with Gasteiger partial charge in [-0.2, -0.15) is 4.98 Å². The van der Waals surface area contributed by atoms with Crippen LogP contribution in [0.3, 0.4) is 0 Å². The molecule has 0 bridgehead atoms. The quantitative estimate of drug-likeness (QED) is 0.829. The minimum absolute atomic E-state index is 0.100. The molecule has 1 aliphatic carbocycles. The summed E-state index contributed by atoms with van der Waals surface area (Å²) in [7, 11) is -2.95. The molecule has 0 amide bonds. The normalized spacial score (nSPS) is 34.0. The van der Waals surface area contributed by atoms with Crippen LogP contribution in [0.5, 0.6) is 0 Å². The van der Waals surface area contributed by atoms with Gasteiger partial charge in [0, 0.05) is 5.92 Å². The maximum atomic E-state index is 11.5. The van der Waals surface area contributed by atoms with Crippen molar-refractivity contribution in [2.24, 2.45) is 0 Å². The van der Waals surface area contributed by atoms with E-state index in [1.54, 1.807) is 0 Å². The van der Waals surface area contributed by atoms with Crippen molar-refractivity contribution in [3.63, 3.8) is 0 Å². The maximum absolute atomic E-state index is 11.5. The highest BCUT2D eigenvalue weighted by atomic mass is 32.2. The first-order valence-corrected chi connectivity index (χ1v) is 9.09. The molecule has 6 nitrogen and oxygen atoms in total. The molecule has 1 saturated carbocycles. The average Bonchev–Trinajstić information content (AvgIpc) is 2.94. The van der Waals surface area contributed by atoms with Crippen molar-refractivity contribution in [2.45, 2.75) is 56.5 Å². The zero-order valence-corrected chi connectivity index (χ0v) is 12.2. The van der Waals surface area contributed by atoms with Crippen molar-refractivity contribution in [3.8, 4) is 0 Å². The van der Waals surface area contributed by atoms with Gasteiger partial charge in [0.05, 0.1) is 23.5 Å². The molecule has 1 aliphatic heterocycles. The van der Waals surface area contributed by atoms with Gasteiger partial charge in [-0.1, -0.05) is 24.4 Å². The van der Waals surface area contributed by atoms with Gasteiger partial charge in [-0.3, -0.25) is 0 Å². The minimum atomic E-state index is -2.95. The number of hydrogen-bond donors (Lipinski definition) is 1. The largest absolute Gasteiger partial charge is 0.392 e. The van der Waals surface area contributed by atoms with Crippen LogP contribution in [-0.2, 0) is 9.84 Å². The lowest BCUT2D eigenvalue weighted by Gasteiger charge is -2.15. The predicted molar refractivity (Wildman–Crippen MR) is 72.1 cm³/mol. The summed E-state index contributed by atoms with van der Waals surface area (Å²) in [6.45, 7) is 0. The molecule has 1 saturated heterocycles. The van der Waals surface area contributed by atoms with E-state index in [2.05, 4.69) is 10.1 Å². The van der Waals surface area contributed by atoms with E-state index >= 15 is 0 Å². The molecule has 0 radical (unpaired) electrons. The van der Waals surface area contributed by atoms with Crippen LogP contribution in [0.1, 0.15) is 62.1 Å². The van der Waals surface area contributed by atoms with Crippen molar-refractivity contribution in [2.75, 3.05) is 11.5 Å². The summed E-state index contributed by atoms with van der Waals surface area (Å²) in [5.74, 6) is 1.01. The van der Waals surface area contributed by atoms with Crippen LogP contribution in [0, 0.1) is 0 Å². The van der Waals surface area contributed by atoms with E-state index in [9.17, 15) is 13.5 Å². The third-order valence-electron chi connectivity index (χ3n) is 4.35. The van der Waals surface area contributed by atoms with Crippen LogP contribution >= 0.6 is 0 Å². The van der Waals surface area contributed by atoms with Crippen LogP contribution < -0.4 is 0 Å². The van der Waals surface area contributed by atoms with Crippen LogP contribution in [0.2, 0.25) is 0 Å². The Morgan fingerprint density at radius 3 is 2.70 bits per heavy atom. The molecule has 3 rings (SSSR count). The first-order valence-electron chi connectivity index (χ1n) is 7.27. The third kappa shape index (κ3) is 2.88. The lowest BCUT2D eigenvalue weighted by Crippen LogP contribution is -2.17. The fourth-order valence-corrected chi connectivity index (χ4v) is 4.88. The van der Waals surface area contributed by atoms with E-state index in [0.29, 0.717) is 18.1 Å². The highest BCUT2D eigenvalue weighted by molar-refractivity contribution is 7.91. The molecule has 20 heavy (non-hydrogen) atoms. The molecule has 0 spiro atoms. The highest BCUT2D eigenvalue weighted by Gasteiger charge is 2.34. The van der Waals surface area contributed by atoms with Gasteiger partial charge in [-0.25, -0.2) is 8.42 Å². The van der Waals surface area contributed by atoms with Gasteiger partial charge < -0.3 is 9.63 Å². The van der Waals surface area contributed by atoms with Crippen molar-refractivity contribution >= 4 is 9.84 Å². The third-order valence-corrected chi connectivity index (χ3v) is 6.12. The lowest BCUT2D eigenvalue weighted by atomic mass is 9.97. The molecule has 2 fully saturated rings. The van der Waals surface area contributed by atoms with E-state index in [0.717, 1.165) is 32.1 Å². The van der Waals surface area contributed by atoms with Crippen LogP contribution in [0.4, 0.5) is 0 Å². The second-order valence-corrected chi connectivity index (χ2v) is 8.13. The zero-order chi connectivity index (χ0) is 14.2. The number of aliphatic hydroxyl groups excluding tert-OH is 1. The number of aliphatic hydroxyl groups is 1. The fraction of sp³-hybridized carbons (Fsp3) is 0.846. The molecule has 2 aliphatic rings. The van der Waals surface area contributed by atoms with Gasteiger partial charge in [0.25, 0.3) is 0 Å². The Bertz CT molecular complexity index is 569. The Hall–Kier alpha value is -0.950. The van der Waals surface area contributed by atoms with Crippen molar-refractivity contribution in [1.29, 1.82) is 0 Å². The summed E-state index contributed by atoms with van der Waals surface area (Å²) < 4.78 is 28.3. The Morgan fingerprint density at radius 1 is 1.15 bits per heavy atom. The number of aromatic nitrogens is 2. The molecule has 7 heteroatoms.